The number of hydrogen-bond donors (Lipinski definition) is 1. The maximum Gasteiger partial charge on any atom is 0.248 e. The average Bonchev–Trinajstić information content (AvgIpc) is 2.46. The summed E-state index contributed by atoms with van der Waals surface area (Å²) in [7, 11) is -1.22. The summed E-state index contributed by atoms with van der Waals surface area (Å²) in [5, 5.41) is 0. The first-order chi connectivity index (χ1) is 10.3. The van der Waals surface area contributed by atoms with Gasteiger partial charge in [-0.15, -0.1) is 0 Å². The summed E-state index contributed by atoms with van der Waals surface area (Å²) in [5.41, 5.74) is 5.78. The fraction of sp³-hybridized carbons (Fsp3) is 0.467. The summed E-state index contributed by atoms with van der Waals surface area (Å²) >= 11 is 0. The molecular formula is C15H25NO4Si2. The zero-order valence-electron chi connectivity index (χ0n) is 13.7. The van der Waals surface area contributed by atoms with Gasteiger partial charge in [-0.2, -0.15) is 0 Å². The third-order valence-corrected chi connectivity index (χ3v) is 4.65. The third-order valence-electron chi connectivity index (χ3n) is 3.38. The molecule has 1 amide bonds. The minimum Gasteiger partial charge on any atom is -0.400 e. The van der Waals surface area contributed by atoms with Crippen LogP contribution in [-0.2, 0) is 8.85 Å². The molecule has 0 radical (unpaired) electrons. The number of ketones is 1. The maximum atomic E-state index is 12.4. The van der Waals surface area contributed by atoms with Crippen LogP contribution in [0.2, 0.25) is 13.1 Å². The van der Waals surface area contributed by atoms with Crippen molar-refractivity contribution in [2.75, 3.05) is 0 Å². The normalized spacial score (nSPS) is 14.0. The highest BCUT2D eigenvalue weighted by Crippen LogP contribution is 2.30. The molecular weight excluding hydrogens is 314 g/mol. The molecule has 0 bridgehead atoms. The lowest BCUT2D eigenvalue weighted by Gasteiger charge is -2.34. The van der Waals surface area contributed by atoms with E-state index in [-0.39, 0.29) is 17.5 Å². The molecule has 7 heteroatoms. The molecule has 1 rings (SSSR count). The van der Waals surface area contributed by atoms with Crippen molar-refractivity contribution in [3.8, 4) is 0 Å². The Kier molecular flexibility index (Phi) is 7.14. The van der Waals surface area contributed by atoms with E-state index in [4.69, 9.17) is 14.6 Å². The summed E-state index contributed by atoms with van der Waals surface area (Å²) in [6.45, 7) is 8.07. The standard InChI is InChI=1S/C15H25NO4Si2/c1-15(2,14(19-21-3)20-22-4)9-12(17)10-5-7-11(8-6-10)13(16)18/h5-8,14H,9,21-22H2,1-4H3,(H2,16,18). The second kappa shape index (κ2) is 8.37. The van der Waals surface area contributed by atoms with Crippen LogP contribution in [0.25, 0.3) is 0 Å². The van der Waals surface area contributed by atoms with Crippen molar-refractivity contribution in [2.45, 2.75) is 39.7 Å². The predicted octanol–water partition coefficient (Wildman–Crippen LogP) is 1.01. The number of primary amides is 1. The van der Waals surface area contributed by atoms with E-state index >= 15 is 0 Å². The molecule has 5 nitrogen and oxygen atoms in total. The van der Waals surface area contributed by atoms with E-state index in [0.29, 0.717) is 17.5 Å². The topological polar surface area (TPSA) is 78.6 Å². The van der Waals surface area contributed by atoms with Crippen LogP contribution in [0, 0.1) is 5.41 Å². The van der Waals surface area contributed by atoms with Crippen molar-refractivity contribution in [2.24, 2.45) is 11.1 Å². The summed E-state index contributed by atoms with van der Waals surface area (Å²) in [6.07, 6.45) is 0.0193. The minimum absolute atomic E-state index is 0.00811. The second-order valence-electron chi connectivity index (χ2n) is 5.77. The van der Waals surface area contributed by atoms with Crippen LogP contribution < -0.4 is 5.73 Å². The molecule has 0 atom stereocenters. The Balaban J connectivity index is 2.82. The number of Topliss-reactive ketones (excluding diaryl/α,β-unsaturated/α-hetero) is 1. The molecule has 0 heterocycles. The molecule has 22 heavy (non-hydrogen) atoms. The highest BCUT2D eigenvalue weighted by molar-refractivity contribution is 6.26. The highest BCUT2D eigenvalue weighted by atomic mass is 28.2. The third kappa shape index (κ3) is 5.17. The molecule has 0 aromatic heterocycles. The van der Waals surface area contributed by atoms with Crippen LogP contribution in [0.5, 0.6) is 0 Å². The molecule has 0 aliphatic carbocycles. The van der Waals surface area contributed by atoms with Gasteiger partial charge in [0.1, 0.15) is 6.29 Å². The van der Waals surface area contributed by atoms with Crippen LogP contribution in [-0.4, -0.2) is 37.5 Å². The fourth-order valence-electron chi connectivity index (χ4n) is 2.22. The Hall–Kier alpha value is -1.29. The Morgan fingerprint density at radius 2 is 1.55 bits per heavy atom. The Morgan fingerprint density at radius 3 is 1.95 bits per heavy atom. The van der Waals surface area contributed by atoms with Gasteiger partial charge in [0.15, 0.2) is 25.3 Å². The molecule has 1 aromatic rings. The lowest BCUT2D eigenvalue weighted by Crippen LogP contribution is -2.37. The number of carbonyl (C=O) groups is 2. The van der Waals surface area contributed by atoms with Gasteiger partial charge in [-0.05, 0) is 12.1 Å². The van der Waals surface area contributed by atoms with Crippen molar-refractivity contribution >= 4 is 31.2 Å². The summed E-state index contributed by atoms with van der Waals surface area (Å²) in [5.74, 6) is -0.490. The first kappa shape index (κ1) is 18.8. The lowest BCUT2D eigenvalue weighted by molar-refractivity contribution is -0.0781. The maximum absolute atomic E-state index is 12.4. The molecule has 0 aliphatic heterocycles. The summed E-state index contributed by atoms with van der Waals surface area (Å²) in [6, 6.07) is 6.42. The Morgan fingerprint density at radius 1 is 1.09 bits per heavy atom. The van der Waals surface area contributed by atoms with Crippen LogP contribution in [0.15, 0.2) is 24.3 Å². The number of nitrogens with two attached hydrogens (primary N) is 1. The summed E-state index contributed by atoms with van der Waals surface area (Å²) < 4.78 is 11.5. The number of hydrogen-bond acceptors (Lipinski definition) is 4. The van der Waals surface area contributed by atoms with Gasteiger partial charge in [0.05, 0.1) is 0 Å². The SMILES string of the molecule is C[SiH2]OC(O[SiH2]C)C(C)(C)CC(=O)c1ccc(C(N)=O)cc1. The number of amides is 1. The van der Waals surface area contributed by atoms with Gasteiger partial charge in [-0.3, -0.25) is 9.59 Å². The van der Waals surface area contributed by atoms with Crippen LogP contribution in [0.3, 0.4) is 0 Å². The van der Waals surface area contributed by atoms with Crippen molar-refractivity contribution < 1.29 is 18.4 Å². The van der Waals surface area contributed by atoms with Crippen molar-refractivity contribution in [3.63, 3.8) is 0 Å². The molecule has 2 N–H and O–H groups in total. The Labute approximate surface area is 136 Å². The number of rotatable bonds is 9. The summed E-state index contributed by atoms with van der Waals surface area (Å²) in [4.78, 5) is 23.5. The molecule has 0 aliphatic rings. The zero-order chi connectivity index (χ0) is 16.8. The first-order valence-corrected chi connectivity index (χ1v) is 11.5. The van der Waals surface area contributed by atoms with Gasteiger partial charge in [0.25, 0.3) is 0 Å². The molecule has 1 aromatic carbocycles. The van der Waals surface area contributed by atoms with Crippen molar-refractivity contribution in [3.05, 3.63) is 35.4 Å². The molecule has 122 valence electrons. The molecule has 0 saturated carbocycles. The van der Waals surface area contributed by atoms with Gasteiger partial charge in [0.2, 0.25) is 5.91 Å². The van der Waals surface area contributed by atoms with E-state index in [1.165, 1.54) is 0 Å². The average molecular weight is 340 g/mol. The smallest absolute Gasteiger partial charge is 0.248 e. The van der Waals surface area contributed by atoms with E-state index in [1.54, 1.807) is 24.3 Å². The van der Waals surface area contributed by atoms with E-state index in [1.807, 2.05) is 26.9 Å². The quantitative estimate of drug-likeness (QED) is 0.414. The zero-order valence-corrected chi connectivity index (χ0v) is 16.5. The van der Waals surface area contributed by atoms with Crippen LogP contribution in [0.4, 0.5) is 0 Å². The van der Waals surface area contributed by atoms with E-state index in [2.05, 4.69) is 0 Å². The first-order valence-electron chi connectivity index (χ1n) is 7.48. The second-order valence-corrected chi connectivity index (χ2v) is 7.59. The molecule has 0 unspecified atom stereocenters. The van der Waals surface area contributed by atoms with Crippen molar-refractivity contribution in [1.29, 1.82) is 0 Å². The predicted molar refractivity (Wildman–Crippen MR) is 92.5 cm³/mol. The van der Waals surface area contributed by atoms with E-state index in [9.17, 15) is 9.59 Å². The number of benzene rings is 1. The minimum atomic E-state index is -0.610. The molecule has 0 saturated heterocycles. The van der Waals surface area contributed by atoms with Gasteiger partial charge in [-0.1, -0.05) is 39.1 Å². The van der Waals surface area contributed by atoms with E-state index in [0.717, 1.165) is 0 Å². The van der Waals surface area contributed by atoms with Crippen molar-refractivity contribution in [1.82, 2.24) is 0 Å². The largest absolute Gasteiger partial charge is 0.400 e. The lowest BCUT2D eigenvalue weighted by atomic mass is 9.85. The molecule has 0 fully saturated rings. The number of carbonyl (C=O) groups excluding carboxylic acids is 2. The fourth-order valence-corrected chi connectivity index (χ4v) is 4.11. The van der Waals surface area contributed by atoms with E-state index < -0.39 is 25.4 Å². The van der Waals surface area contributed by atoms with Crippen LogP contribution in [0.1, 0.15) is 41.0 Å². The Bertz CT molecular complexity index is 511. The monoisotopic (exact) mass is 339 g/mol. The van der Waals surface area contributed by atoms with Gasteiger partial charge >= 0.3 is 0 Å². The van der Waals surface area contributed by atoms with Gasteiger partial charge in [-0.25, -0.2) is 0 Å². The van der Waals surface area contributed by atoms with Crippen LogP contribution >= 0.6 is 0 Å². The highest BCUT2D eigenvalue weighted by Gasteiger charge is 2.32. The van der Waals surface area contributed by atoms with Gasteiger partial charge < -0.3 is 14.6 Å². The van der Waals surface area contributed by atoms with Gasteiger partial charge in [0, 0.05) is 23.0 Å². The molecule has 0 spiro atoms.